The number of imidazole rings is 1. The standard InChI is InChI=1S/C26H21F3N6O3/c27-26(28,29)15-5-6-31-18(11-15)33-24(36)13-3-1-12(2-4-13)20-21-22(30)32-7-8-35(21)23(34-20)14-9-16-17(10-14)19(16)25(37)38/h1-8,11,14,16-17,19H,9-10H2,(H2,30,32)(H,37,38)(H,31,33,36)/t14-,16+,17-,19-. The molecule has 3 aromatic heterocycles. The van der Waals surface area contributed by atoms with Gasteiger partial charge in [-0.1, -0.05) is 12.1 Å². The summed E-state index contributed by atoms with van der Waals surface area (Å²) in [6.45, 7) is 0. The number of hydrogen-bond acceptors (Lipinski definition) is 6. The molecule has 1 amide bonds. The van der Waals surface area contributed by atoms with Crippen LogP contribution in [0, 0.1) is 17.8 Å². The van der Waals surface area contributed by atoms with Crippen LogP contribution in [-0.4, -0.2) is 36.3 Å². The number of fused-ring (bicyclic) bond motifs is 2. The molecule has 2 aliphatic carbocycles. The van der Waals surface area contributed by atoms with Crippen molar-refractivity contribution in [2.75, 3.05) is 11.1 Å². The van der Waals surface area contributed by atoms with Crippen LogP contribution in [-0.2, 0) is 11.0 Å². The summed E-state index contributed by atoms with van der Waals surface area (Å²) in [6.07, 6.45) is 1.28. The number of aromatic nitrogens is 4. The maximum atomic E-state index is 13.0. The van der Waals surface area contributed by atoms with E-state index in [-0.39, 0.29) is 40.9 Å². The Labute approximate surface area is 213 Å². The zero-order valence-corrected chi connectivity index (χ0v) is 19.7. The Balaban J connectivity index is 1.26. The van der Waals surface area contributed by atoms with Gasteiger partial charge >= 0.3 is 12.1 Å². The number of aliphatic carboxylic acids is 1. The third kappa shape index (κ3) is 4.01. The Morgan fingerprint density at radius 1 is 1.05 bits per heavy atom. The van der Waals surface area contributed by atoms with Gasteiger partial charge in [-0.2, -0.15) is 13.2 Å². The number of hydrogen-bond donors (Lipinski definition) is 3. The summed E-state index contributed by atoms with van der Waals surface area (Å²) in [5.74, 6) is -0.345. The molecule has 3 heterocycles. The van der Waals surface area contributed by atoms with Crippen LogP contribution in [0.3, 0.4) is 0 Å². The Hall–Kier alpha value is -4.48. The maximum absolute atomic E-state index is 13.0. The van der Waals surface area contributed by atoms with E-state index in [1.165, 1.54) is 12.1 Å². The van der Waals surface area contributed by atoms with Gasteiger partial charge in [0, 0.05) is 35.6 Å². The number of alkyl halides is 3. The summed E-state index contributed by atoms with van der Waals surface area (Å²) < 4.78 is 40.8. The van der Waals surface area contributed by atoms with Gasteiger partial charge in [-0.15, -0.1) is 0 Å². The SMILES string of the molecule is Nc1nccn2c([C@H]3C[C@@H]4[C@H](C3)[C@H]4C(=O)O)nc(-c3ccc(C(=O)Nc4cc(C(F)(F)F)ccn4)cc3)c12. The normalized spacial score (nSPS) is 22.3. The molecule has 0 unspecified atom stereocenters. The van der Waals surface area contributed by atoms with E-state index in [2.05, 4.69) is 15.3 Å². The van der Waals surface area contributed by atoms with E-state index in [4.69, 9.17) is 10.7 Å². The highest BCUT2D eigenvalue weighted by molar-refractivity contribution is 6.04. The lowest BCUT2D eigenvalue weighted by Gasteiger charge is -2.12. The average molecular weight is 522 g/mol. The fourth-order valence-electron chi connectivity index (χ4n) is 5.64. The molecule has 4 atom stereocenters. The highest BCUT2D eigenvalue weighted by Crippen LogP contribution is 2.62. The molecule has 0 bridgehead atoms. The Kier molecular flexibility index (Phi) is 5.37. The number of carboxylic acids is 1. The molecule has 4 aromatic rings. The summed E-state index contributed by atoms with van der Waals surface area (Å²) >= 11 is 0. The molecule has 194 valence electrons. The summed E-state index contributed by atoms with van der Waals surface area (Å²) in [5, 5.41) is 11.7. The topological polar surface area (TPSA) is 136 Å². The number of pyridine rings is 1. The van der Waals surface area contributed by atoms with Crippen LogP contribution in [0.5, 0.6) is 0 Å². The van der Waals surface area contributed by atoms with Crippen LogP contribution < -0.4 is 11.1 Å². The number of halogens is 3. The smallest absolute Gasteiger partial charge is 0.416 e. The van der Waals surface area contributed by atoms with Gasteiger partial charge in [0.25, 0.3) is 5.91 Å². The predicted octanol–water partition coefficient (Wildman–Crippen LogP) is 4.47. The Bertz CT molecular complexity index is 1570. The molecule has 4 N–H and O–H groups in total. The molecule has 38 heavy (non-hydrogen) atoms. The second-order valence-electron chi connectivity index (χ2n) is 9.67. The largest absolute Gasteiger partial charge is 0.481 e. The van der Waals surface area contributed by atoms with Gasteiger partial charge in [0.1, 0.15) is 28.7 Å². The summed E-state index contributed by atoms with van der Waals surface area (Å²) in [7, 11) is 0. The third-order valence-electron chi connectivity index (χ3n) is 7.46. The van der Waals surface area contributed by atoms with Crippen molar-refractivity contribution >= 4 is 29.0 Å². The quantitative estimate of drug-likeness (QED) is 0.352. The Morgan fingerprint density at radius 2 is 1.76 bits per heavy atom. The van der Waals surface area contributed by atoms with Gasteiger partial charge in [0.05, 0.1) is 11.5 Å². The van der Waals surface area contributed by atoms with Gasteiger partial charge in [-0.25, -0.2) is 15.0 Å². The number of carbonyl (C=O) groups excluding carboxylic acids is 1. The first-order valence-corrected chi connectivity index (χ1v) is 11.9. The fourth-order valence-corrected chi connectivity index (χ4v) is 5.64. The first-order valence-electron chi connectivity index (χ1n) is 11.9. The van der Waals surface area contributed by atoms with Crippen molar-refractivity contribution in [3.05, 3.63) is 71.9 Å². The lowest BCUT2D eigenvalue weighted by atomic mass is 9.99. The lowest BCUT2D eigenvalue weighted by molar-refractivity contribution is -0.139. The maximum Gasteiger partial charge on any atom is 0.416 e. The van der Waals surface area contributed by atoms with Gasteiger partial charge in [0.15, 0.2) is 0 Å². The van der Waals surface area contributed by atoms with E-state index in [1.807, 2.05) is 4.40 Å². The average Bonchev–Trinajstić information content (AvgIpc) is 3.20. The van der Waals surface area contributed by atoms with Crippen LogP contribution in [0.4, 0.5) is 24.8 Å². The van der Waals surface area contributed by atoms with E-state index >= 15 is 0 Å². The van der Waals surface area contributed by atoms with Crippen molar-refractivity contribution < 1.29 is 27.9 Å². The van der Waals surface area contributed by atoms with Crippen molar-refractivity contribution in [1.82, 2.24) is 19.4 Å². The third-order valence-corrected chi connectivity index (χ3v) is 7.46. The number of nitrogen functional groups attached to an aromatic ring is 1. The molecule has 6 rings (SSSR count). The minimum absolute atomic E-state index is 0.0914. The number of nitrogens with zero attached hydrogens (tertiary/aromatic N) is 4. The summed E-state index contributed by atoms with van der Waals surface area (Å²) in [6, 6.07) is 8.04. The molecule has 2 fully saturated rings. The number of carbonyl (C=O) groups is 2. The van der Waals surface area contributed by atoms with Crippen molar-refractivity contribution in [3.63, 3.8) is 0 Å². The van der Waals surface area contributed by atoms with Crippen molar-refractivity contribution in [1.29, 1.82) is 0 Å². The number of anilines is 2. The fraction of sp³-hybridized carbons (Fsp3) is 0.269. The molecule has 2 saturated carbocycles. The number of amides is 1. The molecule has 9 nitrogen and oxygen atoms in total. The van der Waals surface area contributed by atoms with Gasteiger partial charge in [-0.05, 0) is 48.9 Å². The van der Waals surface area contributed by atoms with Crippen LogP contribution in [0.2, 0.25) is 0 Å². The van der Waals surface area contributed by atoms with Crippen LogP contribution in [0.25, 0.3) is 16.8 Å². The van der Waals surface area contributed by atoms with Crippen LogP contribution in [0.1, 0.15) is 40.5 Å². The number of benzene rings is 1. The minimum atomic E-state index is -4.55. The highest BCUT2D eigenvalue weighted by atomic mass is 19.4. The van der Waals surface area contributed by atoms with E-state index in [1.54, 1.807) is 24.5 Å². The molecule has 0 aliphatic heterocycles. The minimum Gasteiger partial charge on any atom is -0.481 e. The molecule has 0 saturated heterocycles. The second-order valence-corrected chi connectivity index (χ2v) is 9.67. The van der Waals surface area contributed by atoms with Crippen molar-refractivity contribution in [2.24, 2.45) is 17.8 Å². The molecule has 0 radical (unpaired) electrons. The van der Waals surface area contributed by atoms with E-state index in [0.717, 1.165) is 37.0 Å². The number of nitrogens with one attached hydrogen (secondary N) is 1. The van der Waals surface area contributed by atoms with Crippen molar-refractivity contribution in [3.8, 4) is 11.3 Å². The molecular formula is C26H21F3N6O3. The second kappa shape index (κ2) is 8.54. The zero-order valence-electron chi connectivity index (χ0n) is 19.7. The van der Waals surface area contributed by atoms with Gasteiger partial charge < -0.3 is 16.2 Å². The summed E-state index contributed by atoms with van der Waals surface area (Å²) in [4.78, 5) is 36.9. The predicted molar refractivity (Wildman–Crippen MR) is 130 cm³/mol. The van der Waals surface area contributed by atoms with Gasteiger partial charge in [0.2, 0.25) is 0 Å². The van der Waals surface area contributed by atoms with Crippen LogP contribution in [0.15, 0.2) is 55.0 Å². The number of carboxylic acid groups (broad SMARTS) is 1. The molecule has 1 aromatic carbocycles. The van der Waals surface area contributed by atoms with Crippen LogP contribution >= 0.6 is 0 Å². The number of rotatable bonds is 5. The monoisotopic (exact) mass is 522 g/mol. The molecule has 2 aliphatic rings. The first kappa shape index (κ1) is 23.9. The van der Waals surface area contributed by atoms with E-state index in [9.17, 15) is 27.9 Å². The highest BCUT2D eigenvalue weighted by Gasteiger charge is 2.60. The number of nitrogens with two attached hydrogens (primary N) is 1. The van der Waals surface area contributed by atoms with E-state index in [0.29, 0.717) is 16.8 Å². The molecular weight excluding hydrogens is 501 g/mol. The first-order chi connectivity index (χ1) is 18.1. The summed E-state index contributed by atoms with van der Waals surface area (Å²) in [5.41, 5.74) is 7.38. The Morgan fingerprint density at radius 3 is 2.42 bits per heavy atom. The van der Waals surface area contributed by atoms with E-state index < -0.39 is 23.6 Å². The molecule has 12 heteroatoms. The van der Waals surface area contributed by atoms with Crippen molar-refractivity contribution in [2.45, 2.75) is 24.9 Å². The zero-order chi connectivity index (χ0) is 26.8. The lowest BCUT2D eigenvalue weighted by Crippen LogP contribution is -2.14. The molecule has 0 spiro atoms. The van der Waals surface area contributed by atoms with Gasteiger partial charge in [-0.3, -0.25) is 14.0 Å².